The molecule has 20 heavy (non-hydrogen) atoms. The highest BCUT2D eigenvalue weighted by Crippen LogP contribution is 2.27. The van der Waals surface area contributed by atoms with Gasteiger partial charge in [0.25, 0.3) is 0 Å². The first kappa shape index (κ1) is 14.1. The topological polar surface area (TPSA) is 91.7 Å². The lowest BCUT2D eigenvalue weighted by molar-refractivity contribution is 0.0694. The largest absolute Gasteiger partial charge is 0.507 e. The summed E-state index contributed by atoms with van der Waals surface area (Å²) in [5.74, 6) is -1.58. The van der Waals surface area contributed by atoms with Crippen LogP contribution in [0.4, 0.5) is 0 Å². The lowest BCUT2D eigenvalue weighted by atomic mass is 10.0. The standard InChI is InChI=1S/C14H12O5S/c1-20(18,19)11-4-2-3-9(7-11)10-5-6-13(15)12(8-10)14(16)17/h2-8,15H,1H3,(H,16,17). The smallest absolute Gasteiger partial charge is 0.339 e. The molecule has 5 nitrogen and oxygen atoms in total. The van der Waals surface area contributed by atoms with Crippen LogP contribution < -0.4 is 0 Å². The molecule has 0 bridgehead atoms. The van der Waals surface area contributed by atoms with Crippen LogP contribution in [0.15, 0.2) is 47.4 Å². The molecule has 0 unspecified atom stereocenters. The highest BCUT2D eigenvalue weighted by Gasteiger charge is 2.12. The van der Waals surface area contributed by atoms with E-state index in [-0.39, 0.29) is 16.2 Å². The van der Waals surface area contributed by atoms with Crippen molar-refractivity contribution in [1.82, 2.24) is 0 Å². The van der Waals surface area contributed by atoms with Crippen molar-refractivity contribution in [2.45, 2.75) is 4.90 Å². The van der Waals surface area contributed by atoms with Crippen molar-refractivity contribution >= 4 is 15.8 Å². The predicted molar refractivity (Wildman–Crippen MR) is 73.6 cm³/mol. The number of rotatable bonds is 3. The van der Waals surface area contributed by atoms with Gasteiger partial charge < -0.3 is 10.2 Å². The molecule has 104 valence electrons. The van der Waals surface area contributed by atoms with Crippen LogP contribution in [-0.2, 0) is 9.84 Å². The van der Waals surface area contributed by atoms with Gasteiger partial charge in [-0.25, -0.2) is 13.2 Å². The second kappa shape index (κ2) is 4.97. The Kier molecular flexibility index (Phi) is 3.50. The van der Waals surface area contributed by atoms with Crippen LogP contribution in [-0.4, -0.2) is 30.9 Å². The molecule has 0 atom stereocenters. The lowest BCUT2D eigenvalue weighted by Gasteiger charge is -2.06. The zero-order valence-electron chi connectivity index (χ0n) is 10.6. The van der Waals surface area contributed by atoms with E-state index in [9.17, 15) is 18.3 Å². The molecule has 6 heteroatoms. The van der Waals surface area contributed by atoms with Gasteiger partial charge >= 0.3 is 5.97 Å². The average molecular weight is 292 g/mol. The molecule has 0 heterocycles. The number of hydrogen-bond acceptors (Lipinski definition) is 4. The number of phenols is 1. The molecule has 0 aliphatic heterocycles. The summed E-state index contributed by atoms with van der Waals surface area (Å²) < 4.78 is 23.0. The number of benzene rings is 2. The predicted octanol–water partition coefficient (Wildman–Crippen LogP) is 2.16. The highest BCUT2D eigenvalue weighted by molar-refractivity contribution is 7.90. The molecule has 2 aromatic rings. The van der Waals surface area contributed by atoms with E-state index in [1.165, 1.54) is 30.3 Å². The van der Waals surface area contributed by atoms with E-state index in [0.717, 1.165) is 6.26 Å². The Morgan fingerprint density at radius 2 is 1.70 bits per heavy atom. The van der Waals surface area contributed by atoms with E-state index < -0.39 is 15.8 Å². The van der Waals surface area contributed by atoms with E-state index in [0.29, 0.717) is 11.1 Å². The fraction of sp³-hybridized carbons (Fsp3) is 0.0714. The van der Waals surface area contributed by atoms with Gasteiger partial charge in [-0.3, -0.25) is 0 Å². The minimum atomic E-state index is -3.33. The maximum Gasteiger partial charge on any atom is 0.339 e. The number of carbonyl (C=O) groups is 1. The van der Waals surface area contributed by atoms with Crippen LogP contribution in [0.25, 0.3) is 11.1 Å². The molecule has 2 N–H and O–H groups in total. The second-order valence-electron chi connectivity index (χ2n) is 4.34. The summed E-state index contributed by atoms with van der Waals surface area (Å²) in [4.78, 5) is 11.1. The first-order chi connectivity index (χ1) is 9.29. The van der Waals surface area contributed by atoms with E-state index in [2.05, 4.69) is 0 Å². The van der Waals surface area contributed by atoms with Gasteiger partial charge in [0.15, 0.2) is 9.84 Å². The fourth-order valence-electron chi connectivity index (χ4n) is 1.79. The summed E-state index contributed by atoms with van der Waals surface area (Å²) in [6.45, 7) is 0. The quantitative estimate of drug-likeness (QED) is 0.904. The van der Waals surface area contributed by atoms with Crippen molar-refractivity contribution in [2.24, 2.45) is 0 Å². The van der Waals surface area contributed by atoms with Gasteiger partial charge in [0.2, 0.25) is 0 Å². The number of aromatic hydroxyl groups is 1. The third-order valence-corrected chi connectivity index (χ3v) is 3.93. The molecule has 0 aromatic heterocycles. The van der Waals surface area contributed by atoms with Crippen molar-refractivity contribution in [2.75, 3.05) is 6.26 Å². The monoisotopic (exact) mass is 292 g/mol. The molecule has 0 aliphatic carbocycles. The van der Waals surface area contributed by atoms with Crippen molar-refractivity contribution in [3.8, 4) is 16.9 Å². The maximum atomic E-state index is 11.5. The van der Waals surface area contributed by atoms with Crippen molar-refractivity contribution in [3.63, 3.8) is 0 Å². The summed E-state index contributed by atoms with van der Waals surface area (Å²) in [5.41, 5.74) is 0.855. The minimum Gasteiger partial charge on any atom is -0.507 e. The number of carboxylic acid groups (broad SMARTS) is 1. The molecule has 2 rings (SSSR count). The van der Waals surface area contributed by atoms with Gasteiger partial charge in [-0.2, -0.15) is 0 Å². The number of carboxylic acids is 1. The number of sulfone groups is 1. The second-order valence-corrected chi connectivity index (χ2v) is 6.35. The van der Waals surface area contributed by atoms with E-state index >= 15 is 0 Å². The normalized spacial score (nSPS) is 11.2. The molecule has 0 spiro atoms. The zero-order valence-corrected chi connectivity index (χ0v) is 11.4. The van der Waals surface area contributed by atoms with Gasteiger partial charge in [-0.1, -0.05) is 18.2 Å². The number of aromatic carboxylic acids is 1. The van der Waals surface area contributed by atoms with Crippen LogP contribution in [0.3, 0.4) is 0 Å². The van der Waals surface area contributed by atoms with Gasteiger partial charge in [-0.15, -0.1) is 0 Å². The molecule has 0 amide bonds. The first-order valence-corrected chi connectivity index (χ1v) is 7.55. The van der Waals surface area contributed by atoms with Crippen molar-refractivity contribution in [1.29, 1.82) is 0 Å². The van der Waals surface area contributed by atoms with E-state index in [1.54, 1.807) is 12.1 Å². The molecule has 0 fully saturated rings. The Bertz CT molecular complexity index is 778. The Morgan fingerprint density at radius 1 is 1.05 bits per heavy atom. The summed E-state index contributed by atoms with van der Waals surface area (Å²) in [6, 6.07) is 10.3. The van der Waals surface area contributed by atoms with Gasteiger partial charge in [0.1, 0.15) is 11.3 Å². The summed E-state index contributed by atoms with van der Waals surface area (Å²) >= 11 is 0. The summed E-state index contributed by atoms with van der Waals surface area (Å²) in [7, 11) is -3.33. The maximum absolute atomic E-state index is 11.5. The van der Waals surface area contributed by atoms with Crippen molar-refractivity contribution in [3.05, 3.63) is 48.0 Å². The lowest BCUT2D eigenvalue weighted by Crippen LogP contribution is -1.98. The third-order valence-electron chi connectivity index (χ3n) is 2.82. The van der Waals surface area contributed by atoms with Gasteiger partial charge in [0, 0.05) is 6.26 Å². The number of hydrogen-bond donors (Lipinski definition) is 2. The Balaban J connectivity index is 2.58. The fourth-order valence-corrected chi connectivity index (χ4v) is 2.46. The third kappa shape index (κ3) is 2.80. The summed E-state index contributed by atoms with van der Waals surface area (Å²) in [5, 5.41) is 18.4. The minimum absolute atomic E-state index is 0.153. The molecule has 0 aliphatic rings. The first-order valence-electron chi connectivity index (χ1n) is 5.66. The van der Waals surface area contributed by atoms with Crippen molar-refractivity contribution < 1.29 is 23.4 Å². The van der Waals surface area contributed by atoms with Crippen LogP contribution in [0.2, 0.25) is 0 Å². The zero-order chi connectivity index (χ0) is 14.9. The molecule has 0 saturated heterocycles. The van der Waals surface area contributed by atoms with Crippen LogP contribution in [0, 0.1) is 0 Å². The van der Waals surface area contributed by atoms with Crippen LogP contribution >= 0.6 is 0 Å². The Hall–Kier alpha value is -2.34. The Morgan fingerprint density at radius 3 is 2.30 bits per heavy atom. The Labute approximate surface area is 116 Å². The SMILES string of the molecule is CS(=O)(=O)c1cccc(-c2ccc(O)c(C(=O)O)c2)c1. The molecule has 2 aromatic carbocycles. The van der Waals surface area contributed by atoms with E-state index in [1.807, 2.05) is 0 Å². The van der Waals surface area contributed by atoms with Crippen LogP contribution in [0.5, 0.6) is 5.75 Å². The molecule has 0 radical (unpaired) electrons. The molecular formula is C14H12O5S. The highest BCUT2D eigenvalue weighted by atomic mass is 32.2. The average Bonchev–Trinajstić information content (AvgIpc) is 2.38. The molecule has 0 saturated carbocycles. The van der Waals surface area contributed by atoms with Crippen LogP contribution in [0.1, 0.15) is 10.4 Å². The summed E-state index contributed by atoms with van der Waals surface area (Å²) in [6.07, 6.45) is 1.10. The van der Waals surface area contributed by atoms with E-state index in [4.69, 9.17) is 5.11 Å². The van der Waals surface area contributed by atoms with Gasteiger partial charge in [0.05, 0.1) is 4.90 Å². The molecular weight excluding hydrogens is 280 g/mol. The van der Waals surface area contributed by atoms with Gasteiger partial charge in [-0.05, 0) is 35.4 Å².